The van der Waals surface area contributed by atoms with Crippen LogP contribution >= 0.6 is 0 Å². The number of hydrogen-bond donors (Lipinski definition) is 0. The highest BCUT2D eigenvalue weighted by Crippen LogP contribution is 2.34. The van der Waals surface area contributed by atoms with Gasteiger partial charge in [0.1, 0.15) is 23.3 Å². The molecule has 2 aliphatic heterocycles. The van der Waals surface area contributed by atoms with Crippen LogP contribution in [0, 0.1) is 17.5 Å². The van der Waals surface area contributed by atoms with Crippen molar-refractivity contribution in [1.29, 1.82) is 0 Å². The zero-order valence-corrected chi connectivity index (χ0v) is 17.2. The topological polar surface area (TPSA) is 21.1 Å². The molecular weight excluding hydrogens is 387 g/mol. The molecule has 1 aromatic heterocycles. The van der Waals surface area contributed by atoms with Crippen molar-refractivity contribution < 1.29 is 13.2 Å². The summed E-state index contributed by atoms with van der Waals surface area (Å²) >= 11 is 0. The second-order valence-corrected chi connectivity index (χ2v) is 8.79. The summed E-state index contributed by atoms with van der Waals surface area (Å²) in [5.74, 6) is -0.0997. The summed E-state index contributed by atoms with van der Waals surface area (Å²) in [6.45, 7) is 4.59. The van der Waals surface area contributed by atoms with Crippen molar-refractivity contribution in [1.82, 2.24) is 14.5 Å². The van der Waals surface area contributed by atoms with E-state index in [1.165, 1.54) is 6.07 Å². The van der Waals surface area contributed by atoms with Crippen molar-refractivity contribution in [2.75, 3.05) is 13.1 Å². The van der Waals surface area contributed by atoms with Crippen LogP contribution in [0.2, 0.25) is 0 Å². The van der Waals surface area contributed by atoms with E-state index in [1.54, 1.807) is 18.2 Å². The summed E-state index contributed by atoms with van der Waals surface area (Å²) in [7, 11) is 0. The van der Waals surface area contributed by atoms with Gasteiger partial charge in [-0.2, -0.15) is 0 Å². The lowest BCUT2D eigenvalue weighted by molar-refractivity contribution is 0.195. The molecule has 1 atom stereocenters. The Hall–Kier alpha value is -2.34. The van der Waals surface area contributed by atoms with Crippen LogP contribution in [-0.2, 0) is 13.0 Å². The van der Waals surface area contributed by atoms with Crippen molar-refractivity contribution in [2.24, 2.45) is 0 Å². The van der Waals surface area contributed by atoms with Crippen LogP contribution in [0.1, 0.15) is 61.5 Å². The number of likely N-dealkylation sites (tertiary alicyclic amines) is 1. The fraction of sp³-hybridized carbons (Fsp3) is 0.458. The Morgan fingerprint density at radius 2 is 1.80 bits per heavy atom. The van der Waals surface area contributed by atoms with Crippen molar-refractivity contribution in [3.05, 3.63) is 64.7 Å². The molecule has 2 aliphatic rings. The molecule has 0 aliphatic carbocycles. The van der Waals surface area contributed by atoms with Crippen LogP contribution in [0.3, 0.4) is 0 Å². The number of halogens is 3. The maximum atomic E-state index is 14.2. The highest BCUT2D eigenvalue weighted by molar-refractivity contribution is 5.80. The van der Waals surface area contributed by atoms with E-state index in [0.29, 0.717) is 18.2 Å². The van der Waals surface area contributed by atoms with E-state index in [9.17, 15) is 13.2 Å². The molecule has 0 bridgehead atoms. The molecule has 3 heterocycles. The number of piperidine rings is 1. The summed E-state index contributed by atoms with van der Waals surface area (Å²) in [5.41, 5.74) is 3.50. The Kier molecular flexibility index (Phi) is 5.05. The van der Waals surface area contributed by atoms with E-state index in [4.69, 9.17) is 4.98 Å². The van der Waals surface area contributed by atoms with Gasteiger partial charge in [0.25, 0.3) is 0 Å². The van der Waals surface area contributed by atoms with E-state index in [-0.39, 0.29) is 11.7 Å². The normalized spacial score (nSPS) is 20.6. The number of rotatable bonds is 3. The van der Waals surface area contributed by atoms with Gasteiger partial charge in [-0.25, -0.2) is 18.2 Å². The van der Waals surface area contributed by atoms with Crippen LogP contribution in [-0.4, -0.2) is 27.5 Å². The molecule has 0 amide bonds. The minimum absolute atomic E-state index is 0.113. The van der Waals surface area contributed by atoms with Gasteiger partial charge in [0.05, 0.1) is 17.6 Å². The van der Waals surface area contributed by atoms with Gasteiger partial charge in [-0.05, 0) is 81.3 Å². The fourth-order valence-electron chi connectivity index (χ4n) is 5.25. The van der Waals surface area contributed by atoms with Gasteiger partial charge in [0.2, 0.25) is 0 Å². The summed E-state index contributed by atoms with van der Waals surface area (Å²) in [4.78, 5) is 7.16. The second kappa shape index (κ2) is 7.73. The highest BCUT2D eigenvalue weighted by Gasteiger charge is 2.27. The maximum absolute atomic E-state index is 14.2. The third-order valence-electron chi connectivity index (χ3n) is 6.77. The number of benzene rings is 2. The van der Waals surface area contributed by atoms with Crippen LogP contribution in [0.25, 0.3) is 11.0 Å². The Morgan fingerprint density at radius 3 is 2.57 bits per heavy atom. The molecule has 0 saturated carbocycles. The molecule has 6 heteroatoms. The maximum Gasteiger partial charge on any atom is 0.129 e. The average molecular weight is 413 g/mol. The van der Waals surface area contributed by atoms with Crippen LogP contribution in [0.5, 0.6) is 0 Å². The third-order valence-corrected chi connectivity index (χ3v) is 6.77. The average Bonchev–Trinajstić information content (AvgIpc) is 2.97. The molecule has 0 N–H and O–H groups in total. The van der Waals surface area contributed by atoms with E-state index in [1.807, 2.05) is 0 Å². The summed E-state index contributed by atoms with van der Waals surface area (Å²) in [6.07, 6.45) is 4.66. The van der Waals surface area contributed by atoms with Gasteiger partial charge >= 0.3 is 0 Å². The fourth-order valence-corrected chi connectivity index (χ4v) is 5.25. The summed E-state index contributed by atoms with van der Waals surface area (Å²) < 4.78 is 43.8. The van der Waals surface area contributed by atoms with Gasteiger partial charge in [-0.15, -0.1) is 0 Å². The second-order valence-electron chi connectivity index (χ2n) is 8.79. The van der Waals surface area contributed by atoms with Crippen molar-refractivity contribution in [3.63, 3.8) is 0 Å². The number of nitrogens with zero attached hydrogens (tertiary/aromatic N) is 3. The first kappa shape index (κ1) is 19.6. The van der Waals surface area contributed by atoms with Crippen molar-refractivity contribution >= 4 is 11.0 Å². The molecule has 0 spiro atoms. The molecule has 3 aromatic rings. The first-order valence-corrected chi connectivity index (χ1v) is 10.9. The van der Waals surface area contributed by atoms with E-state index >= 15 is 0 Å². The van der Waals surface area contributed by atoms with Crippen molar-refractivity contribution in [2.45, 2.75) is 57.5 Å². The SMILES string of the molecule is CC1CCCc2cc(F)cc3nc(CN4CCC(c5ccc(F)cc5F)CC4)n1c23. The minimum Gasteiger partial charge on any atom is -0.324 e. The van der Waals surface area contributed by atoms with Crippen LogP contribution in [0.4, 0.5) is 13.2 Å². The third kappa shape index (κ3) is 3.51. The largest absolute Gasteiger partial charge is 0.324 e. The molecule has 1 saturated heterocycles. The molecule has 2 aromatic carbocycles. The number of aryl methyl sites for hydroxylation is 1. The van der Waals surface area contributed by atoms with E-state index < -0.39 is 11.6 Å². The molecule has 0 radical (unpaired) electrons. The quantitative estimate of drug-likeness (QED) is 0.547. The Morgan fingerprint density at radius 1 is 1.00 bits per heavy atom. The first-order valence-electron chi connectivity index (χ1n) is 10.9. The molecule has 1 unspecified atom stereocenters. The lowest BCUT2D eigenvalue weighted by Crippen LogP contribution is -2.33. The zero-order valence-electron chi connectivity index (χ0n) is 17.2. The standard InChI is InChI=1S/C24H26F3N3/c1-15-3-2-4-17-11-19(26)13-22-24(17)30(15)23(28-22)14-29-9-7-16(8-10-29)20-6-5-18(25)12-21(20)27/h5-6,11-13,15-16H,2-4,7-10,14H2,1H3. The Labute approximate surface area is 174 Å². The molecule has 30 heavy (non-hydrogen) atoms. The van der Waals surface area contributed by atoms with Gasteiger partial charge in [0, 0.05) is 18.2 Å². The van der Waals surface area contributed by atoms with Crippen LogP contribution in [0.15, 0.2) is 30.3 Å². The number of aromatic nitrogens is 2. The van der Waals surface area contributed by atoms with Crippen LogP contribution < -0.4 is 0 Å². The summed E-state index contributed by atoms with van der Waals surface area (Å²) in [5, 5.41) is 0. The number of imidazole rings is 1. The predicted octanol–water partition coefficient (Wildman–Crippen LogP) is 5.73. The monoisotopic (exact) mass is 413 g/mol. The van der Waals surface area contributed by atoms with Gasteiger partial charge in [-0.1, -0.05) is 6.07 Å². The highest BCUT2D eigenvalue weighted by atomic mass is 19.1. The van der Waals surface area contributed by atoms with E-state index in [0.717, 1.165) is 73.7 Å². The van der Waals surface area contributed by atoms with Gasteiger partial charge in [-0.3, -0.25) is 4.90 Å². The summed E-state index contributed by atoms with van der Waals surface area (Å²) in [6, 6.07) is 7.43. The number of hydrogen-bond acceptors (Lipinski definition) is 2. The lowest BCUT2D eigenvalue weighted by atomic mass is 9.89. The minimum atomic E-state index is -0.533. The predicted molar refractivity (Wildman–Crippen MR) is 111 cm³/mol. The zero-order chi connectivity index (χ0) is 20.8. The smallest absolute Gasteiger partial charge is 0.129 e. The molecule has 5 rings (SSSR count). The molecule has 3 nitrogen and oxygen atoms in total. The molecule has 158 valence electrons. The van der Waals surface area contributed by atoms with Gasteiger partial charge < -0.3 is 4.57 Å². The molecule has 1 fully saturated rings. The first-order chi connectivity index (χ1) is 14.5. The lowest BCUT2D eigenvalue weighted by Gasteiger charge is -2.32. The van der Waals surface area contributed by atoms with Crippen molar-refractivity contribution in [3.8, 4) is 0 Å². The van der Waals surface area contributed by atoms with E-state index in [2.05, 4.69) is 16.4 Å². The Bertz CT molecular complexity index is 1080. The molecular formula is C24H26F3N3. The van der Waals surface area contributed by atoms with Gasteiger partial charge in [0.15, 0.2) is 0 Å². The Balaban J connectivity index is 1.37.